The van der Waals surface area contributed by atoms with Gasteiger partial charge in [-0.05, 0) is 71.1 Å². The third kappa shape index (κ3) is 4.40. The van der Waals surface area contributed by atoms with Gasteiger partial charge in [0, 0.05) is 67.9 Å². The van der Waals surface area contributed by atoms with Gasteiger partial charge in [-0.1, -0.05) is 12.6 Å². The highest BCUT2D eigenvalue weighted by Crippen LogP contribution is 2.41. The summed E-state index contributed by atoms with van der Waals surface area (Å²) >= 11 is 0. The maximum absolute atomic E-state index is 17.0. The number of benzene rings is 2. The molecule has 6 rings (SSSR count). The molecule has 0 N–H and O–H groups in total. The Morgan fingerprint density at radius 2 is 1.79 bits per heavy atom. The Balaban J connectivity index is 1.55. The fourth-order valence-electron chi connectivity index (χ4n) is 6.45. The summed E-state index contributed by atoms with van der Waals surface area (Å²) in [5, 5.41) is 0.680. The zero-order valence-corrected chi connectivity index (χ0v) is 25.5. The second-order valence-electron chi connectivity index (χ2n) is 12.2. The largest absolute Gasteiger partial charge is 0.349 e. The van der Waals surface area contributed by atoms with Gasteiger partial charge in [0.15, 0.2) is 5.82 Å². The molecule has 42 heavy (non-hydrogen) atoms. The number of nitrogens with zero attached hydrogens (tertiary/aromatic N) is 8. The van der Waals surface area contributed by atoms with Crippen LogP contribution < -0.4 is 9.80 Å². The molecule has 0 unspecified atom stereocenters. The van der Waals surface area contributed by atoms with Gasteiger partial charge < -0.3 is 24.2 Å². The van der Waals surface area contributed by atoms with Crippen LogP contribution in [0.3, 0.4) is 0 Å². The number of hydrogen-bond donors (Lipinski definition) is 0. The number of fused-ring (bicyclic) bond motifs is 2. The van der Waals surface area contributed by atoms with Crippen molar-refractivity contribution >= 4 is 39.6 Å². The predicted octanol–water partition coefficient (Wildman–Crippen LogP) is 4.30. The number of imidazole rings is 1. The molecule has 0 bridgehead atoms. The Bertz CT molecular complexity index is 1720. The van der Waals surface area contributed by atoms with E-state index in [1.165, 1.54) is 6.08 Å². The van der Waals surface area contributed by atoms with Crippen molar-refractivity contribution in [1.29, 1.82) is 0 Å². The molecule has 10 heteroatoms. The van der Waals surface area contributed by atoms with Crippen LogP contribution in [0.4, 0.5) is 16.2 Å². The Morgan fingerprint density at radius 3 is 2.48 bits per heavy atom. The smallest absolute Gasteiger partial charge is 0.246 e. The first kappa shape index (κ1) is 28.1. The first-order chi connectivity index (χ1) is 20.0. The van der Waals surface area contributed by atoms with E-state index in [-0.39, 0.29) is 23.8 Å². The van der Waals surface area contributed by atoms with Crippen molar-refractivity contribution in [2.75, 3.05) is 50.1 Å². The van der Waals surface area contributed by atoms with Crippen molar-refractivity contribution < 1.29 is 9.18 Å². The number of carbonyl (C=O) groups is 1. The predicted molar refractivity (Wildman–Crippen MR) is 167 cm³/mol. The second-order valence-corrected chi connectivity index (χ2v) is 12.2. The van der Waals surface area contributed by atoms with E-state index >= 15 is 4.39 Å². The van der Waals surface area contributed by atoms with Crippen molar-refractivity contribution in [3.63, 3.8) is 0 Å². The standard InChI is InChI=1S/C32H39FN8O/c1-9-25(42)40-13-21(5)41(14-20(40)4)31-23-12-19(3)26(27-18(2)10-11-24-30(27)38(8)17-34-24)28(33)29(23)35-32(36-31)39-15-22(16-39)37(6)7/h9-12,17,20-22H,1,13-16H2,2-8H3/t20-,21+/m1/s1. The van der Waals surface area contributed by atoms with Crippen LogP contribution in [0.5, 0.6) is 0 Å². The lowest BCUT2D eigenvalue weighted by atomic mass is 9.92. The summed E-state index contributed by atoms with van der Waals surface area (Å²) in [4.78, 5) is 35.4. The topological polar surface area (TPSA) is 73.6 Å². The lowest BCUT2D eigenvalue weighted by Gasteiger charge is -2.45. The minimum atomic E-state index is -0.349. The number of rotatable bonds is 5. The van der Waals surface area contributed by atoms with Crippen LogP contribution in [-0.2, 0) is 11.8 Å². The molecule has 4 heterocycles. The van der Waals surface area contributed by atoms with Crippen LogP contribution >= 0.6 is 0 Å². The van der Waals surface area contributed by atoms with Crippen LogP contribution in [0.2, 0.25) is 0 Å². The fourth-order valence-corrected chi connectivity index (χ4v) is 6.45. The molecule has 2 aliphatic heterocycles. The Kier molecular flexibility index (Phi) is 6.92. The fraction of sp³-hybridized carbons (Fsp3) is 0.438. The van der Waals surface area contributed by atoms with Gasteiger partial charge in [0.1, 0.15) is 11.3 Å². The zero-order chi connectivity index (χ0) is 30.0. The normalized spacial score (nSPS) is 19.7. The SMILES string of the molecule is C=CC(=O)N1C[C@H](C)N(c2nc(N3CC(N(C)C)C3)nc3c(F)c(-c4c(C)ccc5ncn(C)c45)c(C)cc23)C[C@H]1C. The second kappa shape index (κ2) is 10.3. The molecule has 2 saturated heterocycles. The van der Waals surface area contributed by atoms with Crippen LogP contribution in [0.25, 0.3) is 33.1 Å². The lowest BCUT2D eigenvalue weighted by Crippen LogP contribution is -2.59. The van der Waals surface area contributed by atoms with Crippen LogP contribution in [0.1, 0.15) is 25.0 Å². The summed E-state index contributed by atoms with van der Waals surface area (Å²) in [6.45, 7) is 14.4. The third-order valence-electron chi connectivity index (χ3n) is 9.03. The number of likely N-dealkylation sites (N-methyl/N-ethyl adjacent to an activating group) is 1. The molecule has 1 amide bonds. The quantitative estimate of drug-likeness (QED) is 0.331. The summed E-state index contributed by atoms with van der Waals surface area (Å²) in [5.41, 5.74) is 5.20. The van der Waals surface area contributed by atoms with E-state index < -0.39 is 0 Å². The van der Waals surface area contributed by atoms with E-state index in [4.69, 9.17) is 9.97 Å². The number of halogens is 1. The first-order valence-corrected chi connectivity index (χ1v) is 14.5. The molecule has 9 nitrogen and oxygen atoms in total. The van der Waals surface area contributed by atoms with Gasteiger partial charge >= 0.3 is 0 Å². The van der Waals surface area contributed by atoms with Crippen molar-refractivity contribution in [1.82, 2.24) is 29.3 Å². The molecular formula is C32H39FN8O. The van der Waals surface area contributed by atoms with Crippen molar-refractivity contribution in [3.8, 4) is 11.1 Å². The number of hydrogen-bond acceptors (Lipinski definition) is 7. The Hall–Kier alpha value is -4.05. The summed E-state index contributed by atoms with van der Waals surface area (Å²) in [5.74, 6) is 0.808. The molecule has 0 aliphatic carbocycles. The molecule has 2 fully saturated rings. The minimum Gasteiger partial charge on any atom is -0.349 e. The van der Waals surface area contributed by atoms with Gasteiger partial charge in [0.25, 0.3) is 0 Å². The average Bonchev–Trinajstić information content (AvgIpc) is 3.30. The van der Waals surface area contributed by atoms with Gasteiger partial charge in [0.05, 0.1) is 17.4 Å². The van der Waals surface area contributed by atoms with Crippen LogP contribution in [0.15, 0.2) is 37.2 Å². The number of piperazine rings is 1. The van der Waals surface area contributed by atoms with Crippen molar-refractivity contribution in [3.05, 3.63) is 54.1 Å². The number of anilines is 2. The lowest BCUT2D eigenvalue weighted by molar-refractivity contribution is -0.128. The summed E-state index contributed by atoms with van der Waals surface area (Å²) in [6.07, 6.45) is 3.14. The number of amides is 1. The summed E-state index contributed by atoms with van der Waals surface area (Å²) < 4.78 is 19.0. The molecule has 220 valence electrons. The van der Waals surface area contributed by atoms with Crippen LogP contribution in [-0.4, -0.2) is 93.6 Å². The van der Waals surface area contributed by atoms with E-state index in [1.54, 1.807) is 6.33 Å². The van der Waals surface area contributed by atoms with Crippen molar-refractivity contribution in [2.45, 2.75) is 45.8 Å². The number of carbonyl (C=O) groups excluding carboxylic acids is 1. The van der Waals surface area contributed by atoms with E-state index in [1.807, 2.05) is 55.5 Å². The van der Waals surface area contributed by atoms with E-state index in [2.05, 4.69) is 47.3 Å². The molecule has 0 radical (unpaired) electrons. The maximum atomic E-state index is 17.0. The van der Waals surface area contributed by atoms with E-state index in [0.29, 0.717) is 47.4 Å². The first-order valence-electron chi connectivity index (χ1n) is 14.5. The Labute approximate surface area is 246 Å². The maximum Gasteiger partial charge on any atom is 0.246 e. The molecule has 0 spiro atoms. The van der Waals surface area contributed by atoms with Gasteiger partial charge in [-0.2, -0.15) is 4.98 Å². The van der Waals surface area contributed by atoms with E-state index in [0.717, 1.165) is 40.8 Å². The molecule has 4 aromatic rings. The van der Waals surface area contributed by atoms with Gasteiger partial charge in [-0.25, -0.2) is 14.4 Å². The van der Waals surface area contributed by atoms with Gasteiger partial charge in [0.2, 0.25) is 11.9 Å². The Morgan fingerprint density at radius 1 is 1.05 bits per heavy atom. The monoisotopic (exact) mass is 570 g/mol. The highest BCUT2D eigenvalue weighted by Gasteiger charge is 2.36. The van der Waals surface area contributed by atoms with Gasteiger partial charge in [-0.3, -0.25) is 4.79 Å². The highest BCUT2D eigenvalue weighted by atomic mass is 19.1. The molecule has 2 aromatic carbocycles. The third-order valence-corrected chi connectivity index (χ3v) is 9.03. The molecular weight excluding hydrogens is 531 g/mol. The molecule has 2 aliphatic rings. The molecule has 2 atom stereocenters. The average molecular weight is 571 g/mol. The molecule has 2 aromatic heterocycles. The zero-order valence-electron chi connectivity index (χ0n) is 25.5. The highest BCUT2D eigenvalue weighted by molar-refractivity contribution is 6.01. The number of aromatic nitrogens is 4. The summed E-state index contributed by atoms with van der Waals surface area (Å²) in [7, 11) is 6.07. The summed E-state index contributed by atoms with van der Waals surface area (Å²) in [6, 6.07) is 6.31. The molecule has 0 saturated carbocycles. The van der Waals surface area contributed by atoms with Crippen LogP contribution in [0, 0.1) is 19.7 Å². The van der Waals surface area contributed by atoms with E-state index in [9.17, 15) is 4.79 Å². The number of aryl methyl sites for hydroxylation is 3. The minimum absolute atomic E-state index is 0.0320. The van der Waals surface area contributed by atoms with Gasteiger partial charge in [-0.15, -0.1) is 0 Å². The van der Waals surface area contributed by atoms with Crippen molar-refractivity contribution in [2.24, 2.45) is 7.05 Å².